The number of aldehydes is 1. The van der Waals surface area contributed by atoms with Crippen molar-refractivity contribution in [3.63, 3.8) is 0 Å². The summed E-state index contributed by atoms with van der Waals surface area (Å²) in [5.41, 5.74) is 1.45. The molecular weight excluding hydrogens is 186 g/mol. The molecule has 0 unspecified atom stereocenters. The largest absolute Gasteiger partial charge is 0.297 e. The van der Waals surface area contributed by atoms with Crippen LogP contribution in [-0.4, -0.2) is 20.6 Å². The Kier molecular flexibility index (Phi) is 2.09. The molecule has 5 heteroatoms. The van der Waals surface area contributed by atoms with Crippen molar-refractivity contribution in [1.29, 1.82) is 0 Å². The van der Waals surface area contributed by atoms with Gasteiger partial charge in [-0.25, -0.2) is 9.97 Å². The van der Waals surface area contributed by atoms with E-state index in [0.29, 0.717) is 4.88 Å². The number of hydrogen-bond acceptors (Lipinski definition) is 5. The van der Waals surface area contributed by atoms with E-state index >= 15 is 0 Å². The molecule has 0 saturated heterocycles. The molecule has 0 N–H and O–H groups in total. The van der Waals surface area contributed by atoms with Crippen LogP contribution >= 0.6 is 11.5 Å². The summed E-state index contributed by atoms with van der Waals surface area (Å²) in [4.78, 5) is 18.8. The maximum atomic E-state index is 10.4. The minimum atomic E-state index is 0.605. The van der Waals surface area contributed by atoms with Crippen LogP contribution in [0.1, 0.15) is 9.67 Å². The van der Waals surface area contributed by atoms with Crippen LogP contribution in [0.4, 0.5) is 0 Å². The van der Waals surface area contributed by atoms with Gasteiger partial charge in [-0.05, 0) is 23.7 Å². The molecule has 2 heterocycles. The van der Waals surface area contributed by atoms with Gasteiger partial charge in [0.15, 0.2) is 6.29 Å². The molecule has 0 atom stereocenters. The Morgan fingerprint density at radius 1 is 1.38 bits per heavy atom. The highest BCUT2D eigenvalue weighted by molar-refractivity contribution is 7.07. The molecule has 0 aromatic carbocycles. The van der Waals surface area contributed by atoms with Crippen LogP contribution in [0.3, 0.4) is 0 Å². The van der Waals surface area contributed by atoms with Crippen molar-refractivity contribution in [1.82, 2.24) is 14.3 Å². The first-order chi connectivity index (χ1) is 6.40. The highest BCUT2D eigenvalue weighted by Crippen LogP contribution is 2.17. The summed E-state index contributed by atoms with van der Waals surface area (Å²) >= 11 is 1.17. The summed E-state index contributed by atoms with van der Waals surface area (Å²) in [5, 5.41) is 0. The van der Waals surface area contributed by atoms with Gasteiger partial charge in [-0.3, -0.25) is 4.79 Å². The van der Waals surface area contributed by atoms with E-state index in [1.165, 1.54) is 17.9 Å². The minimum absolute atomic E-state index is 0.605. The lowest BCUT2D eigenvalue weighted by molar-refractivity contribution is 0.112. The van der Waals surface area contributed by atoms with Gasteiger partial charge in [0, 0.05) is 6.20 Å². The molecule has 2 aromatic heterocycles. The third kappa shape index (κ3) is 1.59. The zero-order valence-electron chi connectivity index (χ0n) is 6.54. The lowest BCUT2D eigenvalue weighted by Crippen LogP contribution is -1.82. The van der Waals surface area contributed by atoms with Crippen LogP contribution in [0.15, 0.2) is 24.7 Å². The van der Waals surface area contributed by atoms with Gasteiger partial charge in [-0.15, -0.1) is 0 Å². The number of rotatable bonds is 2. The Morgan fingerprint density at radius 2 is 2.31 bits per heavy atom. The quantitative estimate of drug-likeness (QED) is 0.673. The molecule has 0 bridgehead atoms. The van der Waals surface area contributed by atoms with Gasteiger partial charge in [0.2, 0.25) is 0 Å². The third-order valence-electron chi connectivity index (χ3n) is 1.49. The highest BCUT2D eigenvalue weighted by atomic mass is 32.1. The molecule has 2 aromatic rings. The predicted octanol–water partition coefficient (Wildman–Crippen LogP) is 1.41. The molecule has 0 aliphatic heterocycles. The first-order valence-corrected chi connectivity index (χ1v) is 4.36. The summed E-state index contributed by atoms with van der Waals surface area (Å²) in [6.45, 7) is 0. The Labute approximate surface area is 78.5 Å². The molecular formula is C8H5N3OS. The SMILES string of the molecule is O=Cc1cc(-c2ccncn2)ns1. The molecule has 0 aliphatic carbocycles. The number of nitrogens with zero attached hydrogens (tertiary/aromatic N) is 3. The zero-order chi connectivity index (χ0) is 9.10. The summed E-state index contributed by atoms with van der Waals surface area (Å²) in [5.74, 6) is 0. The smallest absolute Gasteiger partial charge is 0.161 e. The Morgan fingerprint density at radius 3 is 2.92 bits per heavy atom. The maximum Gasteiger partial charge on any atom is 0.161 e. The van der Waals surface area contributed by atoms with E-state index in [1.54, 1.807) is 18.3 Å². The number of aromatic nitrogens is 3. The zero-order valence-corrected chi connectivity index (χ0v) is 7.36. The van der Waals surface area contributed by atoms with E-state index in [1.807, 2.05) is 0 Å². The molecule has 0 aliphatic rings. The summed E-state index contributed by atoms with van der Waals surface area (Å²) in [6.07, 6.45) is 3.87. The van der Waals surface area contributed by atoms with Crippen molar-refractivity contribution >= 4 is 17.8 Å². The summed E-state index contributed by atoms with van der Waals surface area (Å²) in [6, 6.07) is 3.46. The van der Waals surface area contributed by atoms with Crippen molar-refractivity contribution in [3.8, 4) is 11.4 Å². The number of hydrogen-bond donors (Lipinski definition) is 0. The molecule has 4 nitrogen and oxygen atoms in total. The standard InChI is InChI=1S/C8H5N3OS/c12-4-6-3-8(11-13-6)7-1-2-9-5-10-7/h1-5H. The topological polar surface area (TPSA) is 55.7 Å². The van der Waals surface area contributed by atoms with Crippen LogP contribution in [0.2, 0.25) is 0 Å². The van der Waals surface area contributed by atoms with Crippen LogP contribution in [0.5, 0.6) is 0 Å². The fourth-order valence-electron chi connectivity index (χ4n) is 0.908. The van der Waals surface area contributed by atoms with Gasteiger partial charge >= 0.3 is 0 Å². The van der Waals surface area contributed by atoms with Crippen molar-refractivity contribution < 1.29 is 4.79 Å². The van der Waals surface area contributed by atoms with E-state index in [9.17, 15) is 4.79 Å². The maximum absolute atomic E-state index is 10.4. The van der Waals surface area contributed by atoms with Gasteiger partial charge in [-0.2, -0.15) is 4.37 Å². The van der Waals surface area contributed by atoms with Gasteiger partial charge in [0.05, 0.1) is 10.6 Å². The second-order valence-electron chi connectivity index (χ2n) is 2.33. The number of carbonyl (C=O) groups excluding carboxylic acids is 1. The fourth-order valence-corrected chi connectivity index (χ4v) is 1.47. The molecule has 0 saturated carbocycles. The molecule has 2 rings (SSSR count). The average Bonchev–Trinajstić information content (AvgIpc) is 2.67. The lowest BCUT2D eigenvalue weighted by atomic mass is 10.3. The second kappa shape index (κ2) is 3.40. The van der Waals surface area contributed by atoms with Crippen LogP contribution in [0, 0.1) is 0 Å². The monoisotopic (exact) mass is 191 g/mol. The summed E-state index contributed by atoms with van der Waals surface area (Å²) < 4.78 is 4.08. The third-order valence-corrected chi connectivity index (χ3v) is 2.20. The van der Waals surface area contributed by atoms with E-state index in [2.05, 4.69) is 14.3 Å². The van der Waals surface area contributed by atoms with E-state index in [4.69, 9.17) is 0 Å². The predicted molar refractivity (Wildman–Crippen MR) is 48.5 cm³/mol. The van der Waals surface area contributed by atoms with Crippen molar-refractivity contribution in [2.24, 2.45) is 0 Å². The van der Waals surface area contributed by atoms with Crippen LogP contribution in [0.25, 0.3) is 11.4 Å². The minimum Gasteiger partial charge on any atom is -0.297 e. The fraction of sp³-hybridized carbons (Fsp3) is 0. The van der Waals surface area contributed by atoms with Crippen LogP contribution < -0.4 is 0 Å². The highest BCUT2D eigenvalue weighted by Gasteiger charge is 2.03. The van der Waals surface area contributed by atoms with Gasteiger partial charge in [0.1, 0.15) is 12.0 Å². The van der Waals surface area contributed by atoms with Gasteiger partial charge in [-0.1, -0.05) is 0 Å². The Bertz CT molecular complexity index is 412. The van der Waals surface area contributed by atoms with Gasteiger partial charge in [0.25, 0.3) is 0 Å². The van der Waals surface area contributed by atoms with Crippen LogP contribution in [-0.2, 0) is 0 Å². The van der Waals surface area contributed by atoms with Crippen molar-refractivity contribution in [3.05, 3.63) is 29.5 Å². The molecule has 0 amide bonds. The average molecular weight is 191 g/mol. The normalized spacial score (nSPS) is 9.85. The molecule has 13 heavy (non-hydrogen) atoms. The van der Waals surface area contributed by atoms with Crippen molar-refractivity contribution in [2.45, 2.75) is 0 Å². The lowest BCUT2D eigenvalue weighted by Gasteiger charge is -1.90. The first kappa shape index (κ1) is 8.00. The molecule has 0 spiro atoms. The van der Waals surface area contributed by atoms with Crippen molar-refractivity contribution in [2.75, 3.05) is 0 Å². The Hall–Kier alpha value is -1.62. The second-order valence-corrected chi connectivity index (χ2v) is 3.16. The summed E-state index contributed by atoms with van der Waals surface area (Å²) in [7, 11) is 0. The molecule has 0 radical (unpaired) electrons. The Balaban J connectivity index is 2.41. The number of carbonyl (C=O) groups is 1. The molecule has 0 fully saturated rings. The van der Waals surface area contributed by atoms with E-state index in [-0.39, 0.29) is 0 Å². The van der Waals surface area contributed by atoms with E-state index in [0.717, 1.165) is 17.7 Å². The first-order valence-electron chi connectivity index (χ1n) is 3.58. The van der Waals surface area contributed by atoms with E-state index < -0.39 is 0 Å². The van der Waals surface area contributed by atoms with Gasteiger partial charge < -0.3 is 0 Å². The molecule has 64 valence electrons.